The highest BCUT2D eigenvalue weighted by Crippen LogP contribution is 2.25. The van der Waals surface area contributed by atoms with Crippen LogP contribution in [-0.4, -0.2) is 48.5 Å². The maximum absolute atomic E-state index is 9.72. The molecular formula is C15H29NO2. The third-order valence-corrected chi connectivity index (χ3v) is 4.42. The number of aliphatic hydroxyl groups is 1. The number of ether oxygens (including phenoxy) is 1. The molecule has 1 unspecified atom stereocenters. The second kappa shape index (κ2) is 7.46. The zero-order valence-electron chi connectivity index (χ0n) is 11.8. The van der Waals surface area contributed by atoms with Gasteiger partial charge in [0.05, 0.1) is 6.10 Å². The first-order valence-electron chi connectivity index (χ1n) is 7.75. The van der Waals surface area contributed by atoms with Gasteiger partial charge in [0.15, 0.2) is 0 Å². The SMILES string of the molecule is CC(O)CN(CC1CCOCC1)C1CCCCC1. The van der Waals surface area contributed by atoms with E-state index >= 15 is 0 Å². The summed E-state index contributed by atoms with van der Waals surface area (Å²) in [4.78, 5) is 2.57. The van der Waals surface area contributed by atoms with Gasteiger partial charge in [-0.25, -0.2) is 0 Å². The molecule has 106 valence electrons. The van der Waals surface area contributed by atoms with Crippen molar-refractivity contribution in [3.63, 3.8) is 0 Å². The average Bonchev–Trinajstić information content (AvgIpc) is 2.40. The van der Waals surface area contributed by atoms with Crippen LogP contribution in [0.5, 0.6) is 0 Å². The molecule has 0 aromatic carbocycles. The summed E-state index contributed by atoms with van der Waals surface area (Å²) in [5, 5.41) is 9.72. The van der Waals surface area contributed by atoms with Crippen LogP contribution in [0.25, 0.3) is 0 Å². The maximum atomic E-state index is 9.72. The number of nitrogens with zero attached hydrogens (tertiary/aromatic N) is 1. The number of hydrogen-bond donors (Lipinski definition) is 1. The minimum absolute atomic E-state index is 0.202. The zero-order valence-corrected chi connectivity index (χ0v) is 11.8. The summed E-state index contributed by atoms with van der Waals surface area (Å²) in [6.45, 7) is 5.79. The number of hydrogen-bond acceptors (Lipinski definition) is 3. The predicted molar refractivity (Wildman–Crippen MR) is 73.7 cm³/mol. The van der Waals surface area contributed by atoms with Crippen molar-refractivity contribution in [3.8, 4) is 0 Å². The van der Waals surface area contributed by atoms with Gasteiger partial charge in [-0.3, -0.25) is 4.90 Å². The second-order valence-corrected chi connectivity index (χ2v) is 6.15. The average molecular weight is 255 g/mol. The Balaban J connectivity index is 1.86. The quantitative estimate of drug-likeness (QED) is 0.819. The van der Waals surface area contributed by atoms with Gasteiger partial charge >= 0.3 is 0 Å². The van der Waals surface area contributed by atoms with Gasteiger partial charge in [-0.1, -0.05) is 19.3 Å². The maximum Gasteiger partial charge on any atom is 0.0639 e. The van der Waals surface area contributed by atoms with Gasteiger partial charge in [-0.15, -0.1) is 0 Å². The molecule has 1 aliphatic heterocycles. The van der Waals surface area contributed by atoms with Crippen molar-refractivity contribution in [2.45, 2.75) is 64.0 Å². The van der Waals surface area contributed by atoms with E-state index in [1.54, 1.807) is 0 Å². The topological polar surface area (TPSA) is 32.7 Å². The molecule has 2 rings (SSSR count). The normalized spacial score (nSPS) is 25.5. The van der Waals surface area contributed by atoms with Crippen LogP contribution in [0.2, 0.25) is 0 Å². The first-order chi connectivity index (χ1) is 8.75. The molecule has 0 radical (unpaired) electrons. The summed E-state index contributed by atoms with van der Waals surface area (Å²) in [6.07, 6.45) is 8.99. The molecule has 1 N–H and O–H groups in total. The first-order valence-corrected chi connectivity index (χ1v) is 7.75. The van der Waals surface area contributed by atoms with Crippen LogP contribution in [0.3, 0.4) is 0 Å². The molecule has 1 heterocycles. The molecule has 2 aliphatic rings. The molecule has 1 aliphatic carbocycles. The Hall–Kier alpha value is -0.120. The van der Waals surface area contributed by atoms with E-state index in [9.17, 15) is 5.11 Å². The van der Waals surface area contributed by atoms with E-state index in [0.717, 1.165) is 31.7 Å². The van der Waals surface area contributed by atoms with E-state index in [1.807, 2.05) is 6.92 Å². The summed E-state index contributed by atoms with van der Waals surface area (Å²) >= 11 is 0. The van der Waals surface area contributed by atoms with Crippen LogP contribution in [0.4, 0.5) is 0 Å². The lowest BCUT2D eigenvalue weighted by atomic mass is 9.92. The molecule has 0 aromatic heterocycles. The van der Waals surface area contributed by atoms with Gasteiger partial charge < -0.3 is 9.84 Å². The summed E-state index contributed by atoms with van der Waals surface area (Å²) in [5.41, 5.74) is 0. The molecule has 18 heavy (non-hydrogen) atoms. The second-order valence-electron chi connectivity index (χ2n) is 6.15. The predicted octanol–water partition coefficient (Wildman–Crippen LogP) is 2.43. The minimum atomic E-state index is -0.202. The highest BCUT2D eigenvalue weighted by atomic mass is 16.5. The molecule has 1 atom stereocenters. The van der Waals surface area contributed by atoms with E-state index in [2.05, 4.69) is 4.90 Å². The van der Waals surface area contributed by atoms with Crippen LogP contribution in [0.15, 0.2) is 0 Å². The first kappa shape index (κ1) is 14.3. The van der Waals surface area contributed by atoms with Gasteiger partial charge in [0, 0.05) is 32.3 Å². The van der Waals surface area contributed by atoms with E-state index < -0.39 is 0 Å². The Morgan fingerprint density at radius 3 is 2.39 bits per heavy atom. The van der Waals surface area contributed by atoms with Gasteiger partial charge in [0.1, 0.15) is 0 Å². The molecule has 0 aromatic rings. The van der Waals surface area contributed by atoms with Crippen LogP contribution in [-0.2, 0) is 4.74 Å². The summed E-state index contributed by atoms with van der Waals surface area (Å²) in [6, 6.07) is 0.719. The van der Waals surface area contributed by atoms with E-state index in [0.29, 0.717) is 0 Å². The highest BCUT2D eigenvalue weighted by molar-refractivity contribution is 4.79. The third-order valence-electron chi connectivity index (χ3n) is 4.42. The van der Waals surface area contributed by atoms with Crippen molar-refractivity contribution in [1.29, 1.82) is 0 Å². The third kappa shape index (κ3) is 4.52. The monoisotopic (exact) mass is 255 g/mol. The van der Waals surface area contributed by atoms with Crippen molar-refractivity contribution >= 4 is 0 Å². The van der Waals surface area contributed by atoms with E-state index in [1.165, 1.54) is 51.5 Å². The van der Waals surface area contributed by atoms with Gasteiger partial charge in [0.25, 0.3) is 0 Å². The molecule has 1 saturated heterocycles. The largest absolute Gasteiger partial charge is 0.392 e. The summed E-state index contributed by atoms with van der Waals surface area (Å²) in [5.74, 6) is 0.777. The standard InChI is InChI=1S/C15H29NO2/c1-13(17)11-16(15-5-3-2-4-6-15)12-14-7-9-18-10-8-14/h13-15,17H,2-12H2,1H3. The van der Waals surface area contributed by atoms with Crippen molar-refractivity contribution in [1.82, 2.24) is 4.90 Å². The Kier molecular flexibility index (Phi) is 5.93. The fourth-order valence-corrected chi connectivity index (χ4v) is 3.42. The minimum Gasteiger partial charge on any atom is -0.392 e. The molecule has 0 spiro atoms. The summed E-state index contributed by atoms with van der Waals surface area (Å²) in [7, 11) is 0. The fraction of sp³-hybridized carbons (Fsp3) is 1.00. The van der Waals surface area contributed by atoms with Crippen molar-refractivity contribution < 1.29 is 9.84 Å². The smallest absolute Gasteiger partial charge is 0.0639 e. The van der Waals surface area contributed by atoms with Crippen LogP contribution >= 0.6 is 0 Å². The molecule has 1 saturated carbocycles. The Bertz CT molecular complexity index is 221. The summed E-state index contributed by atoms with van der Waals surface area (Å²) < 4.78 is 5.44. The molecular weight excluding hydrogens is 226 g/mol. The van der Waals surface area contributed by atoms with Crippen molar-refractivity contribution in [2.75, 3.05) is 26.3 Å². The van der Waals surface area contributed by atoms with E-state index in [4.69, 9.17) is 4.74 Å². The van der Waals surface area contributed by atoms with E-state index in [-0.39, 0.29) is 6.10 Å². The van der Waals surface area contributed by atoms with Crippen LogP contribution < -0.4 is 0 Å². The molecule has 0 amide bonds. The van der Waals surface area contributed by atoms with Crippen LogP contribution in [0, 0.1) is 5.92 Å². The lowest BCUT2D eigenvalue weighted by Gasteiger charge is -2.38. The fourth-order valence-electron chi connectivity index (χ4n) is 3.42. The lowest BCUT2D eigenvalue weighted by Crippen LogP contribution is -2.44. The van der Waals surface area contributed by atoms with Crippen LogP contribution in [0.1, 0.15) is 51.9 Å². The molecule has 2 fully saturated rings. The molecule has 0 bridgehead atoms. The van der Waals surface area contributed by atoms with Gasteiger partial charge in [-0.05, 0) is 38.5 Å². The van der Waals surface area contributed by atoms with Crippen molar-refractivity contribution in [3.05, 3.63) is 0 Å². The highest BCUT2D eigenvalue weighted by Gasteiger charge is 2.25. The van der Waals surface area contributed by atoms with Gasteiger partial charge in [0.2, 0.25) is 0 Å². The molecule has 3 nitrogen and oxygen atoms in total. The van der Waals surface area contributed by atoms with Gasteiger partial charge in [-0.2, -0.15) is 0 Å². The van der Waals surface area contributed by atoms with Crippen molar-refractivity contribution in [2.24, 2.45) is 5.92 Å². The molecule has 3 heteroatoms. The Morgan fingerprint density at radius 2 is 1.78 bits per heavy atom. The number of aliphatic hydroxyl groups excluding tert-OH is 1. The Labute approximate surface area is 112 Å². The zero-order chi connectivity index (χ0) is 12.8. The number of rotatable bonds is 5. The lowest BCUT2D eigenvalue weighted by molar-refractivity contribution is 0.0263. The Morgan fingerprint density at radius 1 is 1.11 bits per heavy atom.